The summed E-state index contributed by atoms with van der Waals surface area (Å²) >= 11 is 0. The van der Waals surface area contributed by atoms with Crippen LogP contribution in [0.4, 0.5) is 4.39 Å². The summed E-state index contributed by atoms with van der Waals surface area (Å²) in [5.41, 5.74) is 0. The van der Waals surface area contributed by atoms with E-state index in [9.17, 15) is 14.0 Å². The molecule has 0 bridgehead atoms. The molecule has 0 saturated carbocycles. The van der Waals surface area contributed by atoms with Gasteiger partial charge in [-0.05, 0) is 6.42 Å². The van der Waals surface area contributed by atoms with Gasteiger partial charge in [-0.25, -0.2) is 0 Å². The number of nitrogens with one attached hydrogen (secondary N) is 1. The van der Waals surface area contributed by atoms with Crippen LogP contribution in [0, 0.1) is 0 Å². The highest BCUT2D eigenvalue weighted by atomic mass is 19.1. The van der Waals surface area contributed by atoms with Gasteiger partial charge in [-0.1, -0.05) is 0 Å². The molecule has 12 heavy (non-hydrogen) atoms. The Labute approximate surface area is 69.7 Å². The minimum Gasteiger partial charge on any atom is -0.346 e. The lowest BCUT2D eigenvalue weighted by atomic mass is 10.3. The van der Waals surface area contributed by atoms with E-state index < -0.39 is 18.5 Å². The standard InChI is InChI=1S/C7H11FN2O2/c8-2-1-4-10-5-3-9-6(11)7(10)12/h1-5H2,(H,9,11). The van der Waals surface area contributed by atoms with Crippen LogP contribution >= 0.6 is 0 Å². The number of nitrogens with zero attached hydrogens (tertiary/aromatic N) is 1. The highest BCUT2D eigenvalue weighted by Gasteiger charge is 2.24. The number of amides is 2. The second kappa shape index (κ2) is 4.04. The van der Waals surface area contributed by atoms with Crippen LogP contribution in [0.3, 0.4) is 0 Å². The fourth-order valence-corrected chi connectivity index (χ4v) is 1.09. The minimum absolute atomic E-state index is 0.305. The summed E-state index contributed by atoms with van der Waals surface area (Å²) in [6.07, 6.45) is 0.305. The maximum absolute atomic E-state index is 11.7. The maximum atomic E-state index is 11.7. The van der Waals surface area contributed by atoms with E-state index in [1.165, 1.54) is 4.90 Å². The molecule has 0 aliphatic carbocycles. The first kappa shape index (κ1) is 8.96. The lowest BCUT2D eigenvalue weighted by Gasteiger charge is -2.25. The molecule has 0 aromatic rings. The Bertz CT molecular complexity index is 196. The van der Waals surface area contributed by atoms with Crippen molar-refractivity contribution in [2.45, 2.75) is 6.42 Å². The number of carbonyl (C=O) groups is 2. The molecule has 0 unspecified atom stereocenters. The second-order valence-electron chi connectivity index (χ2n) is 2.59. The zero-order valence-electron chi connectivity index (χ0n) is 6.68. The highest BCUT2D eigenvalue weighted by molar-refractivity contribution is 6.35. The molecule has 2 amide bonds. The predicted molar refractivity (Wildman–Crippen MR) is 40.2 cm³/mol. The summed E-state index contributed by atoms with van der Waals surface area (Å²) in [7, 11) is 0. The van der Waals surface area contributed by atoms with Gasteiger partial charge >= 0.3 is 11.8 Å². The number of carbonyl (C=O) groups excluding carboxylic acids is 2. The van der Waals surface area contributed by atoms with Gasteiger partial charge in [0.15, 0.2) is 0 Å². The number of rotatable bonds is 3. The van der Waals surface area contributed by atoms with E-state index in [4.69, 9.17) is 0 Å². The molecule has 0 aromatic heterocycles. The number of piperazine rings is 1. The zero-order valence-corrected chi connectivity index (χ0v) is 6.68. The third-order valence-corrected chi connectivity index (χ3v) is 1.71. The summed E-state index contributed by atoms with van der Waals surface area (Å²) in [6.45, 7) is 0.843. The first-order chi connectivity index (χ1) is 5.75. The third kappa shape index (κ3) is 1.93. The number of alkyl halides is 1. The summed E-state index contributed by atoms with van der Waals surface area (Å²) < 4.78 is 11.7. The van der Waals surface area contributed by atoms with Crippen LogP contribution in [0.1, 0.15) is 6.42 Å². The first-order valence-corrected chi connectivity index (χ1v) is 3.89. The van der Waals surface area contributed by atoms with Gasteiger partial charge in [-0.15, -0.1) is 0 Å². The fourth-order valence-electron chi connectivity index (χ4n) is 1.09. The van der Waals surface area contributed by atoms with E-state index in [1.54, 1.807) is 0 Å². The Morgan fingerprint density at radius 1 is 1.50 bits per heavy atom. The van der Waals surface area contributed by atoms with Crippen molar-refractivity contribution < 1.29 is 14.0 Å². The van der Waals surface area contributed by atoms with E-state index in [0.29, 0.717) is 26.1 Å². The van der Waals surface area contributed by atoms with Gasteiger partial charge in [0.05, 0.1) is 6.67 Å². The average Bonchev–Trinajstić information content (AvgIpc) is 2.08. The molecule has 1 aliphatic rings. The summed E-state index contributed by atoms with van der Waals surface area (Å²) in [5.74, 6) is -1.13. The molecule has 4 nitrogen and oxygen atoms in total. The van der Waals surface area contributed by atoms with Crippen molar-refractivity contribution in [3.8, 4) is 0 Å². The van der Waals surface area contributed by atoms with Crippen molar-refractivity contribution in [1.29, 1.82) is 0 Å². The molecule has 0 spiro atoms. The molecule has 1 saturated heterocycles. The normalized spacial score (nSPS) is 17.9. The van der Waals surface area contributed by atoms with Crippen LogP contribution in [-0.4, -0.2) is 43.0 Å². The van der Waals surface area contributed by atoms with E-state index >= 15 is 0 Å². The molecule has 1 rings (SSSR count). The molecule has 1 N–H and O–H groups in total. The molecule has 5 heteroatoms. The average molecular weight is 174 g/mol. The topological polar surface area (TPSA) is 49.4 Å². The van der Waals surface area contributed by atoms with Crippen LogP contribution in [0.15, 0.2) is 0 Å². The Kier molecular flexibility index (Phi) is 3.01. The van der Waals surface area contributed by atoms with Crippen molar-refractivity contribution in [1.82, 2.24) is 10.2 Å². The van der Waals surface area contributed by atoms with Crippen LogP contribution in [0.2, 0.25) is 0 Å². The molecule has 68 valence electrons. The van der Waals surface area contributed by atoms with Gasteiger partial charge in [-0.3, -0.25) is 14.0 Å². The molecule has 1 fully saturated rings. The molecule has 1 heterocycles. The van der Waals surface area contributed by atoms with E-state index in [1.807, 2.05) is 0 Å². The molecule has 0 radical (unpaired) electrons. The SMILES string of the molecule is O=C1NCCN(CCCF)C1=O. The molecular weight excluding hydrogens is 163 g/mol. The summed E-state index contributed by atoms with van der Waals surface area (Å²) in [4.78, 5) is 23.2. The summed E-state index contributed by atoms with van der Waals surface area (Å²) in [6, 6.07) is 0. The highest BCUT2D eigenvalue weighted by Crippen LogP contribution is 1.97. The molecule has 0 atom stereocenters. The Morgan fingerprint density at radius 3 is 2.92 bits per heavy atom. The lowest BCUT2D eigenvalue weighted by molar-refractivity contribution is -0.148. The van der Waals surface area contributed by atoms with Crippen molar-refractivity contribution in [3.63, 3.8) is 0 Å². The Hall–Kier alpha value is -1.13. The van der Waals surface area contributed by atoms with Crippen LogP contribution < -0.4 is 5.32 Å². The predicted octanol–water partition coefficient (Wildman–Crippen LogP) is -0.696. The van der Waals surface area contributed by atoms with Gasteiger partial charge in [-0.2, -0.15) is 0 Å². The molecule has 1 aliphatic heterocycles. The fraction of sp³-hybridized carbons (Fsp3) is 0.714. The van der Waals surface area contributed by atoms with Crippen LogP contribution in [0.25, 0.3) is 0 Å². The zero-order chi connectivity index (χ0) is 8.97. The Morgan fingerprint density at radius 2 is 2.25 bits per heavy atom. The number of halogens is 1. The lowest BCUT2D eigenvalue weighted by Crippen LogP contribution is -2.52. The quantitative estimate of drug-likeness (QED) is 0.575. The number of hydrogen-bond acceptors (Lipinski definition) is 2. The van der Waals surface area contributed by atoms with Crippen molar-refractivity contribution >= 4 is 11.8 Å². The van der Waals surface area contributed by atoms with Gasteiger partial charge < -0.3 is 10.2 Å². The van der Waals surface area contributed by atoms with Gasteiger partial charge in [0, 0.05) is 19.6 Å². The van der Waals surface area contributed by atoms with E-state index in [-0.39, 0.29) is 0 Å². The molecule has 0 aromatic carbocycles. The van der Waals surface area contributed by atoms with Gasteiger partial charge in [0.1, 0.15) is 0 Å². The number of hydrogen-bond donors (Lipinski definition) is 1. The monoisotopic (exact) mass is 174 g/mol. The minimum atomic E-state index is -0.583. The second-order valence-corrected chi connectivity index (χ2v) is 2.59. The third-order valence-electron chi connectivity index (χ3n) is 1.71. The first-order valence-electron chi connectivity index (χ1n) is 3.89. The van der Waals surface area contributed by atoms with Crippen LogP contribution in [-0.2, 0) is 9.59 Å². The van der Waals surface area contributed by atoms with Crippen molar-refractivity contribution in [2.24, 2.45) is 0 Å². The smallest absolute Gasteiger partial charge is 0.311 e. The van der Waals surface area contributed by atoms with Crippen LogP contribution in [0.5, 0.6) is 0 Å². The van der Waals surface area contributed by atoms with Crippen molar-refractivity contribution in [3.05, 3.63) is 0 Å². The van der Waals surface area contributed by atoms with Gasteiger partial charge in [0.25, 0.3) is 0 Å². The Balaban J connectivity index is 2.41. The van der Waals surface area contributed by atoms with E-state index in [2.05, 4.69) is 5.32 Å². The maximum Gasteiger partial charge on any atom is 0.311 e. The largest absolute Gasteiger partial charge is 0.346 e. The van der Waals surface area contributed by atoms with E-state index in [0.717, 1.165) is 0 Å². The van der Waals surface area contributed by atoms with Crippen molar-refractivity contribution in [2.75, 3.05) is 26.3 Å². The summed E-state index contributed by atoms with van der Waals surface area (Å²) in [5, 5.41) is 2.41. The van der Waals surface area contributed by atoms with Gasteiger partial charge in [0.2, 0.25) is 0 Å². The molecular formula is C7H11FN2O2.